The SMILES string of the molecule is C=CC(=O)OC12CC3CC(C1)CC(OC(O)CCO)(C3)C2. The van der Waals surface area contributed by atoms with Crippen molar-refractivity contribution in [2.45, 2.75) is 62.4 Å². The molecule has 0 heterocycles. The molecule has 0 amide bonds. The van der Waals surface area contributed by atoms with Crippen LogP contribution in [0.1, 0.15) is 44.9 Å². The molecule has 4 saturated carbocycles. The Balaban J connectivity index is 1.77. The summed E-state index contributed by atoms with van der Waals surface area (Å²) >= 11 is 0. The lowest BCUT2D eigenvalue weighted by atomic mass is 9.52. The van der Waals surface area contributed by atoms with Gasteiger partial charge in [-0.1, -0.05) is 6.58 Å². The molecule has 4 bridgehead atoms. The first-order valence-corrected chi connectivity index (χ1v) is 7.80. The minimum Gasteiger partial charge on any atom is -0.456 e. The number of aliphatic hydroxyl groups is 2. The molecule has 2 N–H and O–H groups in total. The molecule has 5 heteroatoms. The molecule has 21 heavy (non-hydrogen) atoms. The maximum Gasteiger partial charge on any atom is 0.330 e. The second kappa shape index (κ2) is 5.38. The average Bonchev–Trinajstić information content (AvgIpc) is 2.35. The molecule has 0 aromatic carbocycles. The topological polar surface area (TPSA) is 76.0 Å². The fourth-order valence-electron chi connectivity index (χ4n) is 5.07. The van der Waals surface area contributed by atoms with Gasteiger partial charge in [0, 0.05) is 25.5 Å². The van der Waals surface area contributed by atoms with Crippen molar-refractivity contribution >= 4 is 5.97 Å². The van der Waals surface area contributed by atoms with E-state index >= 15 is 0 Å². The van der Waals surface area contributed by atoms with E-state index < -0.39 is 17.5 Å². The Labute approximate surface area is 124 Å². The highest BCUT2D eigenvalue weighted by atomic mass is 16.6. The summed E-state index contributed by atoms with van der Waals surface area (Å²) in [5.74, 6) is 0.610. The van der Waals surface area contributed by atoms with Gasteiger partial charge in [0.2, 0.25) is 0 Å². The Morgan fingerprint density at radius 2 is 1.90 bits per heavy atom. The summed E-state index contributed by atoms with van der Waals surface area (Å²) < 4.78 is 11.6. The number of hydrogen-bond donors (Lipinski definition) is 2. The Kier molecular flexibility index (Phi) is 3.84. The third-order valence-electron chi connectivity index (χ3n) is 5.20. The molecule has 3 unspecified atom stereocenters. The Hall–Kier alpha value is -0.910. The molecule has 4 aliphatic carbocycles. The van der Waals surface area contributed by atoms with Crippen molar-refractivity contribution in [1.82, 2.24) is 0 Å². The maximum absolute atomic E-state index is 11.7. The van der Waals surface area contributed by atoms with E-state index in [4.69, 9.17) is 14.6 Å². The zero-order valence-electron chi connectivity index (χ0n) is 12.3. The molecule has 4 aliphatic rings. The Morgan fingerprint density at radius 3 is 2.48 bits per heavy atom. The van der Waals surface area contributed by atoms with Crippen molar-refractivity contribution in [2.24, 2.45) is 11.8 Å². The van der Waals surface area contributed by atoms with Crippen LogP contribution in [0.5, 0.6) is 0 Å². The Morgan fingerprint density at radius 1 is 1.29 bits per heavy atom. The highest BCUT2D eigenvalue weighted by molar-refractivity contribution is 5.81. The monoisotopic (exact) mass is 296 g/mol. The normalized spacial score (nSPS) is 41.8. The third-order valence-corrected chi connectivity index (χ3v) is 5.20. The molecule has 5 nitrogen and oxygen atoms in total. The van der Waals surface area contributed by atoms with Crippen LogP contribution in [0, 0.1) is 11.8 Å². The molecule has 0 spiro atoms. The first-order valence-electron chi connectivity index (χ1n) is 7.80. The summed E-state index contributed by atoms with van der Waals surface area (Å²) in [6.45, 7) is 3.38. The van der Waals surface area contributed by atoms with Gasteiger partial charge >= 0.3 is 5.97 Å². The molecular weight excluding hydrogens is 272 g/mol. The fourth-order valence-corrected chi connectivity index (χ4v) is 5.07. The van der Waals surface area contributed by atoms with Gasteiger partial charge < -0.3 is 19.7 Å². The van der Waals surface area contributed by atoms with Crippen LogP contribution in [0.25, 0.3) is 0 Å². The van der Waals surface area contributed by atoms with Gasteiger partial charge in [-0.3, -0.25) is 0 Å². The van der Waals surface area contributed by atoms with E-state index in [1.807, 2.05) is 0 Å². The van der Waals surface area contributed by atoms with Gasteiger partial charge in [0.25, 0.3) is 0 Å². The van der Waals surface area contributed by atoms with Gasteiger partial charge in [-0.15, -0.1) is 0 Å². The van der Waals surface area contributed by atoms with Crippen molar-refractivity contribution in [1.29, 1.82) is 0 Å². The van der Waals surface area contributed by atoms with Crippen molar-refractivity contribution in [3.8, 4) is 0 Å². The van der Waals surface area contributed by atoms with Crippen LogP contribution in [0.2, 0.25) is 0 Å². The van der Waals surface area contributed by atoms with Crippen molar-refractivity contribution < 1.29 is 24.5 Å². The van der Waals surface area contributed by atoms with Gasteiger partial charge in [0.15, 0.2) is 6.29 Å². The van der Waals surface area contributed by atoms with E-state index in [0.717, 1.165) is 32.1 Å². The van der Waals surface area contributed by atoms with Crippen LogP contribution >= 0.6 is 0 Å². The van der Waals surface area contributed by atoms with E-state index in [1.165, 1.54) is 6.08 Å². The predicted octanol–water partition coefficient (Wildman–Crippen LogP) is 1.52. The predicted molar refractivity (Wildman–Crippen MR) is 75.2 cm³/mol. The maximum atomic E-state index is 11.7. The standard InChI is InChI=1S/C16H24O5/c1-2-13(18)20-15-6-11-5-12(7-15)9-16(8-11,10-15)21-14(19)3-4-17/h2,11-12,14,17,19H,1,3-10H2. The van der Waals surface area contributed by atoms with Gasteiger partial charge in [0.05, 0.1) is 5.60 Å². The summed E-state index contributed by atoms with van der Waals surface area (Å²) in [6.07, 6.45) is 5.92. The number of hydrogen-bond acceptors (Lipinski definition) is 5. The van der Waals surface area contributed by atoms with Crippen LogP contribution in [-0.2, 0) is 14.3 Å². The van der Waals surface area contributed by atoms with E-state index in [0.29, 0.717) is 18.3 Å². The lowest BCUT2D eigenvalue weighted by Crippen LogP contribution is -2.62. The highest BCUT2D eigenvalue weighted by Gasteiger charge is 2.60. The summed E-state index contributed by atoms with van der Waals surface area (Å²) in [4.78, 5) is 11.7. The van der Waals surface area contributed by atoms with E-state index in [2.05, 4.69) is 6.58 Å². The summed E-state index contributed by atoms with van der Waals surface area (Å²) in [7, 11) is 0. The number of carbonyl (C=O) groups excluding carboxylic acids is 1. The van der Waals surface area contributed by atoms with Crippen LogP contribution < -0.4 is 0 Å². The fraction of sp³-hybridized carbons (Fsp3) is 0.812. The molecule has 4 rings (SSSR count). The van der Waals surface area contributed by atoms with E-state index in [-0.39, 0.29) is 19.0 Å². The number of carbonyl (C=O) groups is 1. The number of ether oxygens (including phenoxy) is 2. The van der Waals surface area contributed by atoms with Gasteiger partial charge in [-0.05, 0) is 43.9 Å². The molecule has 0 aromatic heterocycles. The quantitative estimate of drug-likeness (QED) is 0.441. The lowest BCUT2D eigenvalue weighted by Gasteiger charge is -2.60. The Bertz CT molecular complexity index is 418. The molecular formula is C16H24O5. The third kappa shape index (κ3) is 2.87. The smallest absolute Gasteiger partial charge is 0.330 e. The van der Waals surface area contributed by atoms with E-state index in [9.17, 15) is 9.90 Å². The molecule has 0 aromatic rings. The van der Waals surface area contributed by atoms with Gasteiger partial charge in [0.1, 0.15) is 5.60 Å². The highest BCUT2D eigenvalue weighted by Crippen LogP contribution is 2.60. The number of rotatable bonds is 6. The molecule has 0 saturated heterocycles. The van der Waals surface area contributed by atoms with Crippen molar-refractivity contribution in [3.05, 3.63) is 12.7 Å². The first kappa shape index (κ1) is 15.0. The minimum absolute atomic E-state index is 0.0965. The summed E-state index contributed by atoms with van der Waals surface area (Å²) in [6, 6.07) is 0. The van der Waals surface area contributed by atoms with Crippen LogP contribution in [0.4, 0.5) is 0 Å². The average molecular weight is 296 g/mol. The van der Waals surface area contributed by atoms with Crippen molar-refractivity contribution in [2.75, 3.05) is 6.61 Å². The zero-order valence-corrected chi connectivity index (χ0v) is 12.3. The van der Waals surface area contributed by atoms with Crippen molar-refractivity contribution in [3.63, 3.8) is 0 Å². The van der Waals surface area contributed by atoms with Crippen LogP contribution in [-0.4, -0.2) is 40.3 Å². The molecule has 0 radical (unpaired) electrons. The molecule has 118 valence electrons. The second-order valence-electron chi connectivity index (χ2n) is 7.04. The van der Waals surface area contributed by atoms with E-state index in [1.54, 1.807) is 0 Å². The number of aliphatic hydroxyl groups excluding tert-OH is 2. The molecule has 3 atom stereocenters. The molecule has 4 fully saturated rings. The van der Waals surface area contributed by atoms with Gasteiger partial charge in [-0.2, -0.15) is 0 Å². The largest absolute Gasteiger partial charge is 0.456 e. The summed E-state index contributed by atoms with van der Waals surface area (Å²) in [5, 5.41) is 18.8. The first-order chi connectivity index (χ1) is 9.98. The lowest BCUT2D eigenvalue weighted by molar-refractivity contribution is -0.274. The number of esters is 1. The second-order valence-corrected chi connectivity index (χ2v) is 7.04. The zero-order chi connectivity index (χ0) is 15.1. The van der Waals surface area contributed by atoms with Crippen LogP contribution in [0.3, 0.4) is 0 Å². The van der Waals surface area contributed by atoms with Crippen LogP contribution in [0.15, 0.2) is 12.7 Å². The summed E-state index contributed by atoms with van der Waals surface area (Å²) in [5.41, 5.74) is -0.853. The molecule has 0 aliphatic heterocycles. The minimum atomic E-state index is -0.946. The van der Waals surface area contributed by atoms with Gasteiger partial charge in [-0.25, -0.2) is 4.79 Å².